The van der Waals surface area contributed by atoms with Gasteiger partial charge in [0.1, 0.15) is 5.82 Å². The number of aromatic nitrogens is 1. The first-order valence-electron chi connectivity index (χ1n) is 11.9. The number of ether oxygens (including phenoxy) is 2. The summed E-state index contributed by atoms with van der Waals surface area (Å²) in [5.41, 5.74) is 7.69. The first-order chi connectivity index (χ1) is 17.3. The molecule has 2 aliphatic rings. The van der Waals surface area contributed by atoms with Crippen LogP contribution in [0.15, 0.2) is 41.7 Å². The first-order valence-corrected chi connectivity index (χ1v) is 12.7. The number of carbonyl (C=O) groups is 2. The van der Waals surface area contributed by atoms with E-state index < -0.39 is 6.09 Å². The Labute approximate surface area is 221 Å². The molecule has 5 N–H and O–H groups in total. The molecule has 3 rings (SSSR count). The van der Waals surface area contributed by atoms with Crippen LogP contribution < -0.4 is 21.7 Å². The number of carbonyl (C=O) groups excluding carboxylic acids is 2. The SMILES string of the molecule is C=C(/C=C\C(Cl)=C(/N)c1cc(NC(=O)[C@H]2CC[C@@H](NC(=O)OC)C2)ncc1Cl)NCC1CCOCC1. The Balaban J connectivity index is 1.58. The van der Waals surface area contributed by atoms with E-state index in [1.807, 2.05) is 0 Å². The van der Waals surface area contributed by atoms with E-state index in [0.717, 1.165) is 38.3 Å². The third-order valence-electron chi connectivity index (χ3n) is 6.35. The van der Waals surface area contributed by atoms with Crippen LogP contribution in [-0.2, 0) is 14.3 Å². The summed E-state index contributed by atoms with van der Waals surface area (Å²) in [6, 6.07) is 1.48. The molecule has 0 spiro atoms. The van der Waals surface area contributed by atoms with Gasteiger partial charge in [-0.05, 0) is 56.2 Å². The van der Waals surface area contributed by atoms with Gasteiger partial charge in [-0.3, -0.25) is 4.79 Å². The molecule has 0 radical (unpaired) electrons. The second-order valence-corrected chi connectivity index (χ2v) is 9.75. The highest BCUT2D eigenvalue weighted by Gasteiger charge is 2.31. The van der Waals surface area contributed by atoms with Crippen molar-refractivity contribution in [3.63, 3.8) is 0 Å². The highest BCUT2D eigenvalue weighted by molar-refractivity contribution is 6.36. The summed E-state index contributed by atoms with van der Waals surface area (Å²) in [4.78, 5) is 28.3. The molecule has 2 fully saturated rings. The van der Waals surface area contributed by atoms with Gasteiger partial charge in [-0.2, -0.15) is 0 Å². The lowest BCUT2D eigenvalue weighted by molar-refractivity contribution is -0.119. The van der Waals surface area contributed by atoms with Crippen molar-refractivity contribution in [2.45, 2.75) is 38.1 Å². The van der Waals surface area contributed by atoms with E-state index in [9.17, 15) is 9.59 Å². The van der Waals surface area contributed by atoms with Gasteiger partial charge >= 0.3 is 6.09 Å². The molecule has 11 heteroatoms. The zero-order chi connectivity index (χ0) is 26.1. The molecule has 1 aliphatic carbocycles. The average molecular weight is 538 g/mol. The summed E-state index contributed by atoms with van der Waals surface area (Å²) >= 11 is 12.7. The molecular weight excluding hydrogens is 505 g/mol. The fourth-order valence-electron chi connectivity index (χ4n) is 4.20. The van der Waals surface area contributed by atoms with Crippen molar-refractivity contribution < 1.29 is 19.1 Å². The number of amides is 2. The van der Waals surface area contributed by atoms with Gasteiger partial charge in [0.2, 0.25) is 5.91 Å². The van der Waals surface area contributed by atoms with E-state index in [2.05, 4.69) is 32.3 Å². The van der Waals surface area contributed by atoms with Crippen LogP contribution in [0.2, 0.25) is 5.02 Å². The van der Waals surface area contributed by atoms with Gasteiger partial charge in [0.25, 0.3) is 0 Å². The Morgan fingerprint density at radius 3 is 2.75 bits per heavy atom. The molecule has 1 aromatic rings. The van der Waals surface area contributed by atoms with Crippen molar-refractivity contribution in [3.8, 4) is 0 Å². The third kappa shape index (κ3) is 8.15. The van der Waals surface area contributed by atoms with Crippen LogP contribution in [0.5, 0.6) is 0 Å². The predicted molar refractivity (Wildman–Crippen MR) is 141 cm³/mol. The number of methoxy groups -OCH3 is 1. The number of halogens is 2. The van der Waals surface area contributed by atoms with Crippen LogP contribution >= 0.6 is 23.2 Å². The normalized spacial score (nSPS) is 21.1. The molecule has 36 heavy (non-hydrogen) atoms. The topological polar surface area (TPSA) is 128 Å². The van der Waals surface area contributed by atoms with Gasteiger partial charge in [-0.25, -0.2) is 9.78 Å². The predicted octanol–water partition coefficient (Wildman–Crippen LogP) is 4.15. The second kappa shape index (κ2) is 13.5. The standard InChI is InChI=1S/C25H33Cl2N5O4/c1-15(29-13-16-7-9-36-10-8-16)3-6-20(26)23(28)19-12-22(30-14-21(19)27)32-24(33)17-4-5-18(11-17)31-25(34)35-2/h3,6,12,14,16-18,29H,1,4-5,7-11,13,28H2,2H3,(H,31,34)(H,30,32,33)/b6-3-,23-20+/t17-,18+/m0/s1. The van der Waals surface area contributed by atoms with Crippen molar-refractivity contribution in [3.05, 3.63) is 52.3 Å². The summed E-state index contributed by atoms with van der Waals surface area (Å²) in [6.07, 6.45) is 8.24. The Kier molecular flexibility index (Phi) is 10.5. The number of anilines is 1. The molecule has 2 atom stereocenters. The molecule has 1 aliphatic heterocycles. The van der Waals surface area contributed by atoms with Crippen LogP contribution in [-0.4, -0.2) is 49.9 Å². The van der Waals surface area contributed by atoms with E-state index in [4.69, 9.17) is 33.7 Å². The number of hydrogen-bond acceptors (Lipinski definition) is 7. The maximum atomic E-state index is 12.7. The van der Waals surface area contributed by atoms with E-state index in [0.29, 0.717) is 41.6 Å². The molecule has 2 amide bonds. The summed E-state index contributed by atoms with van der Waals surface area (Å²) in [6.45, 7) is 6.42. The molecule has 1 saturated heterocycles. The Hall–Kier alpha value is -2.75. The number of alkyl carbamates (subject to hydrolysis) is 1. The number of nitrogens with one attached hydrogen (secondary N) is 3. The minimum absolute atomic E-state index is 0.105. The number of hydrogen-bond donors (Lipinski definition) is 4. The van der Waals surface area contributed by atoms with Gasteiger partial charge in [0.05, 0.1) is 22.9 Å². The maximum Gasteiger partial charge on any atom is 0.407 e. The minimum atomic E-state index is -0.503. The largest absolute Gasteiger partial charge is 0.453 e. The molecule has 0 unspecified atom stereocenters. The molecule has 0 aromatic carbocycles. The first kappa shape index (κ1) is 27.8. The fourth-order valence-corrected chi connectivity index (χ4v) is 4.57. The molecule has 1 aromatic heterocycles. The minimum Gasteiger partial charge on any atom is -0.453 e. The zero-order valence-corrected chi connectivity index (χ0v) is 21.8. The molecule has 9 nitrogen and oxygen atoms in total. The molecule has 196 valence electrons. The maximum absolute atomic E-state index is 12.7. The van der Waals surface area contributed by atoms with Gasteiger partial charge in [-0.1, -0.05) is 29.8 Å². The third-order valence-corrected chi connectivity index (χ3v) is 6.99. The number of nitrogens with two attached hydrogens (primary N) is 1. The highest BCUT2D eigenvalue weighted by atomic mass is 35.5. The monoisotopic (exact) mass is 537 g/mol. The van der Waals surface area contributed by atoms with Crippen molar-refractivity contribution in [1.82, 2.24) is 15.6 Å². The van der Waals surface area contributed by atoms with Crippen LogP contribution in [0.3, 0.4) is 0 Å². The lowest BCUT2D eigenvalue weighted by atomic mass is 10.0. The molecular formula is C25H33Cl2N5O4. The smallest absolute Gasteiger partial charge is 0.407 e. The zero-order valence-electron chi connectivity index (χ0n) is 20.3. The van der Waals surface area contributed by atoms with Crippen LogP contribution in [0.1, 0.15) is 37.7 Å². The van der Waals surface area contributed by atoms with Crippen molar-refractivity contribution in [1.29, 1.82) is 0 Å². The number of nitrogens with zero attached hydrogens (tertiary/aromatic N) is 1. The number of allylic oxidation sites excluding steroid dienone is 3. The van der Waals surface area contributed by atoms with Gasteiger partial charge in [0.15, 0.2) is 0 Å². The summed E-state index contributed by atoms with van der Waals surface area (Å²) in [7, 11) is 1.31. The highest BCUT2D eigenvalue weighted by Crippen LogP contribution is 2.29. The van der Waals surface area contributed by atoms with E-state index in [1.165, 1.54) is 13.3 Å². The van der Waals surface area contributed by atoms with Crippen LogP contribution in [0.25, 0.3) is 5.70 Å². The Morgan fingerprint density at radius 1 is 1.28 bits per heavy atom. The van der Waals surface area contributed by atoms with Crippen molar-refractivity contribution >= 4 is 46.7 Å². The lowest BCUT2D eigenvalue weighted by Crippen LogP contribution is -2.33. The van der Waals surface area contributed by atoms with Crippen LogP contribution in [0, 0.1) is 11.8 Å². The summed E-state index contributed by atoms with van der Waals surface area (Å²) in [5.74, 6) is 0.420. The fraction of sp³-hybridized carbons (Fsp3) is 0.480. The quantitative estimate of drug-likeness (QED) is 0.348. The lowest BCUT2D eigenvalue weighted by Gasteiger charge is -2.22. The van der Waals surface area contributed by atoms with Crippen LogP contribution in [0.4, 0.5) is 10.6 Å². The average Bonchev–Trinajstić information content (AvgIpc) is 3.35. The van der Waals surface area contributed by atoms with Gasteiger partial charge in [-0.15, -0.1) is 0 Å². The Morgan fingerprint density at radius 2 is 2.03 bits per heavy atom. The van der Waals surface area contributed by atoms with E-state index in [1.54, 1.807) is 18.2 Å². The van der Waals surface area contributed by atoms with E-state index >= 15 is 0 Å². The van der Waals surface area contributed by atoms with Crippen molar-refractivity contribution in [2.75, 3.05) is 32.2 Å². The second-order valence-electron chi connectivity index (χ2n) is 8.94. The summed E-state index contributed by atoms with van der Waals surface area (Å²) in [5, 5.41) is 9.42. The van der Waals surface area contributed by atoms with Crippen molar-refractivity contribution in [2.24, 2.45) is 17.6 Å². The number of rotatable bonds is 9. The number of pyridine rings is 1. The van der Waals surface area contributed by atoms with E-state index in [-0.39, 0.29) is 28.6 Å². The van der Waals surface area contributed by atoms with Gasteiger partial charge in [0, 0.05) is 49.2 Å². The molecule has 0 bridgehead atoms. The Bertz CT molecular complexity index is 1020. The molecule has 1 saturated carbocycles. The summed E-state index contributed by atoms with van der Waals surface area (Å²) < 4.78 is 10.0. The molecule has 2 heterocycles. The van der Waals surface area contributed by atoms with Gasteiger partial charge < -0.3 is 31.2 Å².